The number of methoxy groups -OCH3 is 2. The van der Waals surface area contributed by atoms with E-state index in [-0.39, 0.29) is 29.6 Å². The maximum Gasteiger partial charge on any atom is 0.255 e. The first-order chi connectivity index (χ1) is 13.6. The Balaban J connectivity index is 1.56. The van der Waals surface area contributed by atoms with Gasteiger partial charge in [0, 0.05) is 24.5 Å². The largest absolute Gasteiger partial charge is 0.497 e. The molecule has 146 valence electrons. The molecular weight excluding hydrogens is 360 g/mol. The molecule has 3 rings (SSSR count). The van der Waals surface area contributed by atoms with Crippen molar-refractivity contribution in [3.63, 3.8) is 0 Å². The van der Waals surface area contributed by atoms with Crippen molar-refractivity contribution >= 4 is 5.91 Å². The number of aromatic nitrogens is 2. The van der Waals surface area contributed by atoms with Gasteiger partial charge in [-0.05, 0) is 37.8 Å². The molecule has 1 aromatic heterocycles. The molecule has 1 aliphatic rings. The van der Waals surface area contributed by atoms with Gasteiger partial charge in [0.25, 0.3) is 11.8 Å². The van der Waals surface area contributed by atoms with E-state index in [0.717, 1.165) is 25.7 Å². The zero-order valence-electron chi connectivity index (χ0n) is 15.8. The fourth-order valence-corrected chi connectivity index (χ4v) is 3.22. The summed E-state index contributed by atoms with van der Waals surface area (Å²) in [5.41, 5.74) is 0.657. The molecule has 0 atom stereocenters. The molecule has 1 heterocycles. The van der Waals surface area contributed by atoms with Gasteiger partial charge < -0.3 is 19.5 Å². The maximum atomic E-state index is 12.6. The fourth-order valence-electron chi connectivity index (χ4n) is 3.22. The second-order valence-electron chi connectivity index (χ2n) is 6.45. The molecule has 1 saturated carbocycles. The number of nitrogens with one attached hydrogen (secondary N) is 1. The zero-order valence-corrected chi connectivity index (χ0v) is 15.8. The van der Waals surface area contributed by atoms with Crippen LogP contribution in [0.25, 0.3) is 0 Å². The number of nitriles is 1. The second kappa shape index (κ2) is 9.04. The van der Waals surface area contributed by atoms with Gasteiger partial charge in [0.15, 0.2) is 0 Å². The Morgan fingerprint density at radius 1 is 1.14 bits per heavy atom. The summed E-state index contributed by atoms with van der Waals surface area (Å²) >= 11 is 0. The van der Waals surface area contributed by atoms with Crippen molar-refractivity contribution in [2.45, 2.75) is 37.8 Å². The second-order valence-corrected chi connectivity index (χ2v) is 6.45. The van der Waals surface area contributed by atoms with Gasteiger partial charge in [0.2, 0.25) is 5.69 Å². The van der Waals surface area contributed by atoms with E-state index >= 15 is 0 Å². The lowest BCUT2D eigenvalue weighted by Gasteiger charge is -2.29. The van der Waals surface area contributed by atoms with Crippen LogP contribution in [0.4, 0.5) is 0 Å². The summed E-state index contributed by atoms with van der Waals surface area (Å²) in [7, 11) is 3.09. The molecule has 8 heteroatoms. The molecule has 28 heavy (non-hydrogen) atoms. The van der Waals surface area contributed by atoms with Crippen LogP contribution in [0.15, 0.2) is 30.6 Å². The molecule has 1 aliphatic carbocycles. The van der Waals surface area contributed by atoms with Gasteiger partial charge in [-0.1, -0.05) is 0 Å². The van der Waals surface area contributed by atoms with Gasteiger partial charge in [-0.3, -0.25) is 4.79 Å². The Bertz CT molecular complexity index is 873. The molecule has 1 aromatic carbocycles. The number of rotatable bonds is 6. The lowest BCUT2D eigenvalue weighted by molar-refractivity contribution is 0.0886. The quantitative estimate of drug-likeness (QED) is 0.818. The first-order valence-corrected chi connectivity index (χ1v) is 9.05. The van der Waals surface area contributed by atoms with Crippen LogP contribution in [0.2, 0.25) is 0 Å². The van der Waals surface area contributed by atoms with Gasteiger partial charge in [-0.2, -0.15) is 5.26 Å². The molecule has 0 unspecified atom stereocenters. The number of hydrogen-bond acceptors (Lipinski definition) is 7. The number of hydrogen-bond donors (Lipinski definition) is 1. The highest BCUT2D eigenvalue weighted by molar-refractivity contribution is 5.97. The Kier molecular flexibility index (Phi) is 6.27. The number of carbonyl (C=O) groups excluding carboxylic acids is 1. The van der Waals surface area contributed by atoms with Crippen molar-refractivity contribution in [1.82, 2.24) is 15.3 Å². The third kappa shape index (κ3) is 4.49. The van der Waals surface area contributed by atoms with Gasteiger partial charge in [-0.25, -0.2) is 9.97 Å². The fraction of sp³-hybridized carbons (Fsp3) is 0.400. The van der Waals surface area contributed by atoms with Crippen molar-refractivity contribution in [3.05, 3.63) is 41.9 Å². The summed E-state index contributed by atoms with van der Waals surface area (Å²) in [5.74, 6) is 1.19. The highest BCUT2D eigenvalue weighted by Gasteiger charge is 2.26. The first-order valence-electron chi connectivity index (χ1n) is 9.05. The van der Waals surface area contributed by atoms with Crippen LogP contribution < -0.4 is 19.5 Å². The van der Waals surface area contributed by atoms with Crippen molar-refractivity contribution < 1.29 is 19.0 Å². The first kappa shape index (κ1) is 19.4. The van der Waals surface area contributed by atoms with Crippen LogP contribution in [0.3, 0.4) is 0 Å². The van der Waals surface area contributed by atoms with Crippen LogP contribution in [0.5, 0.6) is 17.4 Å². The summed E-state index contributed by atoms with van der Waals surface area (Å²) in [4.78, 5) is 20.7. The van der Waals surface area contributed by atoms with E-state index in [4.69, 9.17) is 19.5 Å². The van der Waals surface area contributed by atoms with Crippen molar-refractivity contribution in [3.8, 4) is 23.4 Å². The average Bonchev–Trinajstić information content (AvgIpc) is 2.74. The number of amides is 1. The van der Waals surface area contributed by atoms with E-state index < -0.39 is 0 Å². The molecule has 8 nitrogen and oxygen atoms in total. The average molecular weight is 382 g/mol. The van der Waals surface area contributed by atoms with Gasteiger partial charge in [-0.15, -0.1) is 0 Å². The van der Waals surface area contributed by atoms with Gasteiger partial charge in [0.05, 0.1) is 19.8 Å². The molecule has 0 radical (unpaired) electrons. The highest BCUT2D eigenvalue weighted by Crippen LogP contribution is 2.27. The van der Waals surface area contributed by atoms with Gasteiger partial charge >= 0.3 is 0 Å². The number of benzene rings is 1. The van der Waals surface area contributed by atoms with E-state index in [1.54, 1.807) is 25.3 Å². The predicted molar refractivity (Wildman–Crippen MR) is 100 cm³/mol. The Hall–Kier alpha value is -3.34. The summed E-state index contributed by atoms with van der Waals surface area (Å²) in [5, 5.41) is 12.1. The van der Waals surface area contributed by atoms with Crippen molar-refractivity contribution in [2.24, 2.45) is 0 Å². The number of nitrogens with zero attached hydrogens (tertiary/aromatic N) is 3. The van der Waals surface area contributed by atoms with E-state index in [2.05, 4.69) is 15.3 Å². The Morgan fingerprint density at radius 3 is 2.57 bits per heavy atom. The molecule has 2 aromatic rings. The molecular formula is C20H22N4O4. The molecule has 0 spiro atoms. The smallest absolute Gasteiger partial charge is 0.255 e. The van der Waals surface area contributed by atoms with E-state index in [1.165, 1.54) is 19.5 Å². The van der Waals surface area contributed by atoms with Crippen LogP contribution in [0.1, 0.15) is 41.7 Å². The Labute approximate surface area is 163 Å². The maximum absolute atomic E-state index is 12.6. The van der Waals surface area contributed by atoms with E-state index in [9.17, 15) is 4.79 Å². The molecule has 0 aliphatic heterocycles. The highest BCUT2D eigenvalue weighted by atomic mass is 16.5. The number of ether oxygens (including phenoxy) is 3. The normalized spacial score (nSPS) is 18.6. The van der Waals surface area contributed by atoms with E-state index in [0.29, 0.717) is 17.1 Å². The molecule has 0 bridgehead atoms. The third-order valence-electron chi connectivity index (χ3n) is 4.71. The van der Waals surface area contributed by atoms with Crippen LogP contribution >= 0.6 is 0 Å². The number of carbonyl (C=O) groups is 1. The predicted octanol–water partition coefficient (Wildman–Crippen LogP) is 2.49. The SMILES string of the molecule is COc1ccc(C(=O)NC2CCC(Oc3nccnc3C#N)CC2)c(OC)c1. The summed E-state index contributed by atoms with van der Waals surface area (Å²) in [6, 6.07) is 7.15. The summed E-state index contributed by atoms with van der Waals surface area (Å²) < 4.78 is 16.3. The third-order valence-corrected chi connectivity index (χ3v) is 4.71. The van der Waals surface area contributed by atoms with Crippen LogP contribution in [0, 0.1) is 11.3 Å². The Morgan fingerprint density at radius 2 is 1.89 bits per heavy atom. The van der Waals surface area contributed by atoms with Crippen molar-refractivity contribution in [2.75, 3.05) is 14.2 Å². The minimum absolute atomic E-state index is 0.0486. The standard InChI is InChI=1S/C20H22N4O4/c1-26-15-7-8-16(18(11-15)27-2)19(25)24-13-3-5-14(6-4-13)28-20-17(12-21)22-9-10-23-20/h7-11,13-14H,3-6H2,1-2H3,(H,24,25). The van der Waals surface area contributed by atoms with Crippen LogP contribution in [-0.2, 0) is 0 Å². The van der Waals surface area contributed by atoms with E-state index in [1.807, 2.05) is 6.07 Å². The lowest BCUT2D eigenvalue weighted by Crippen LogP contribution is -2.39. The monoisotopic (exact) mass is 382 g/mol. The molecule has 0 saturated heterocycles. The summed E-state index contributed by atoms with van der Waals surface area (Å²) in [6.07, 6.45) is 5.98. The van der Waals surface area contributed by atoms with Crippen molar-refractivity contribution in [1.29, 1.82) is 5.26 Å². The minimum atomic E-state index is -0.176. The van der Waals surface area contributed by atoms with Crippen LogP contribution in [-0.4, -0.2) is 42.2 Å². The molecule has 1 fully saturated rings. The minimum Gasteiger partial charge on any atom is -0.497 e. The zero-order chi connectivity index (χ0) is 19.9. The lowest BCUT2D eigenvalue weighted by atomic mass is 9.92. The summed E-state index contributed by atoms with van der Waals surface area (Å²) in [6.45, 7) is 0. The van der Waals surface area contributed by atoms with Gasteiger partial charge in [0.1, 0.15) is 23.7 Å². The molecule has 1 amide bonds. The molecule has 1 N–H and O–H groups in total. The topological polar surface area (TPSA) is 106 Å².